The lowest BCUT2D eigenvalue weighted by Gasteiger charge is -2.06. The van der Waals surface area contributed by atoms with Gasteiger partial charge in [0.05, 0.1) is 0 Å². The number of aryl methyl sites for hydroxylation is 3. The highest BCUT2D eigenvalue weighted by Gasteiger charge is 2.00. The first-order chi connectivity index (χ1) is 10.1. The average molecular weight is 280 g/mol. The molecule has 0 radical (unpaired) electrons. The van der Waals surface area contributed by atoms with E-state index < -0.39 is 5.97 Å². The molecule has 0 amide bonds. The van der Waals surface area contributed by atoms with Crippen molar-refractivity contribution in [2.24, 2.45) is 0 Å². The van der Waals surface area contributed by atoms with Crippen LogP contribution < -0.4 is 0 Å². The van der Waals surface area contributed by atoms with Crippen molar-refractivity contribution in [2.75, 3.05) is 0 Å². The minimum Gasteiger partial charge on any atom is -0.478 e. The highest BCUT2D eigenvalue weighted by atomic mass is 16.4. The number of carboxylic acid groups (broad SMARTS) is 1. The van der Waals surface area contributed by atoms with Crippen LogP contribution in [-0.2, 0) is 17.6 Å². The van der Waals surface area contributed by atoms with Gasteiger partial charge in [0.15, 0.2) is 0 Å². The van der Waals surface area contributed by atoms with E-state index in [1.807, 2.05) is 13.0 Å². The molecule has 1 N–H and O–H groups in total. The summed E-state index contributed by atoms with van der Waals surface area (Å²) < 4.78 is 0. The zero-order chi connectivity index (χ0) is 15.1. The Morgan fingerprint density at radius 1 is 1.05 bits per heavy atom. The molecular weight excluding hydrogens is 260 g/mol. The van der Waals surface area contributed by atoms with Crippen molar-refractivity contribution in [2.45, 2.75) is 26.2 Å². The van der Waals surface area contributed by atoms with Gasteiger partial charge in [0.1, 0.15) is 0 Å². The summed E-state index contributed by atoms with van der Waals surface area (Å²) in [6, 6.07) is 16.7. The van der Waals surface area contributed by atoms with Gasteiger partial charge in [-0.3, -0.25) is 0 Å². The summed E-state index contributed by atoms with van der Waals surface area (Å²) >= 11 is 0. The van der Waals surface area contributed by atoms with Gasteiger partial charge in [0, 0.05) is 6.08 Å². The second-order valence-electron chi connectivity index (χ2n) is 5.20. The van der Waals surface area contributed by atoms with Gasteiger partial charge in [0.2, 0.25) is 0 Å². The van der Waals surface area contributed by atoms with Crippen LogP contribution in [0.25, 0.3) is 6.08 Å². The molecule has 0 aromatic heterocycles. The van der Waals surface area contributed by atoms with Crippen LogP contribution in [0.15, 0.2) is 54.6 Å². The van der Waals surface area contributed by atoms with E-state index in [1.54, 1.807) is 6.08 Å². The van der Waals surface area contributed by atoms with Crippen LogP contribution in [0.3, 0.4) is 0 Å². The number of hydrogen-bond acceptors (Lipinski definition) is 1. The first-order valence-electron chi connectivity index (χ1n) is 7.19. The number of hydrogen-bond donors (Lipinski definition) is 1. The van der Waals surface area contributed by atoms with Crippen LogP contribution in [0.4, 0.5) is 0 Å². The zero-order valence-electron chi connectivity index (χ0n) is 12.3. The van der Waals surface area contributed by atoms with Crippen LogP contribution in [0.1, 0.15) is 28.7 Å². The Balaban J connectivity index is 1.97. The quantitative estimate of drug-likeness (QED) is 0.802. The molecule has 0 saturated carbocycles. The summed E-state index contributed by atoms with van der Waals surface area (Å²) in [5.41, 5.74) is 4.69. The Hall–Kier alpha value is -2.35. The summed E-state index contributed by atoms with van der Waals surface area (Å²) in [6.45, 7) is 2.00. The van der Waals surface area contributed by atoms with E-state index in [0.29, 0.717) is 0 Å². The minimum absolute atomic E-state index is 0.913. The van der Waals surface area contributed by atoms with E-state index in [-0.39, 0.29) is 0 Å². The van der Waals surface area contributed by atoms with Gasteiger partial charge in [-0.15, -0.1) is 0 Å². The lowest BCUT2D eigenvalue weighted by Crippen LogP contribution is -1.92. The predicted octanol–water partition coefficient (Wildman–Crippen LogP) is 4.27. The predicted molar refractivity (Wildman–Crippen MR) is 86.3 cm³/mol. The van der Waals surface area contributed by atoms with Crippen molar-refractivity contribution < 1.29 is 9.90 Å². The molecule has 0 aliphatic carbocycles. The normalized spacial score (nSPS) is 10.9. The molecule has 0 atom stereocenters. The van der Waals surface area contributed by atoms with Crippen molar-refractivity contribution >= 4 is 12.0 Å². The van der Waals surface area contributed by atoms with Gasteiger partial charge in [-0.1, -0.05) is 48.5 Å². The largest absolute Gasteiger partial charge is 0.478 e. The third-order valence-electron chi connectivity index (χ3n) is 3.52. The SMILES string of the molecule is Cc1ccc(CCCc2ccccc2)cc1/C=C/C(=O)O. The third-order valence-corrected chi connectivity index (χ3v) is 3.52. The van der Waals surface area contributed by atoms with Crippen LogP contribution >= 0.6 is 0 Å². The maximum atomic E-state index is 10.6. The Bertz CT molecular complexity index is 627. The minimum atomic E-state index is -0.913. The van der Waals surface area contributed by atoms with Crippen molar-refractivity contribution in [3.63, 3.8) is 0 Å². The molecule has 2 nitrogen and oxygen atoms in total. The molecule has 21 heavy (non-hydrogen) atoms. The fourth-order valence-corrected chi connectivity index (χ4v) is 2.33. The van der Waals surface area contributed by atoms with E-state index in [1.165, 1.54) is 17.2 Å². The first kappa shape index (κ1) is 15.0. The van der Waals surface area contributed by atoms with Crippen LogP contribution in [0.2, 0.25) is 0 Å². The molecule has 2 aromatic rings. The Morgan fingerprint density at radius 3 is 2.48 bits per heavy atom. The lowest BCUT2D eigenvalue weighted by atomic mass is 9.99. The van der Waals surface area contributed by atoms with E-state index >= 15 is 0 Å². The summed E-state index contributed by atoms with van der Waals surface area (Å²) in [7, 11) is 0. The van der Waals surface area contributed by atoms with E-state index in [4.69, 9.17) is 5.11 Å². The van der Waals surface area contributed by atoms with E-state index in [9.17, 15) is 4.79 Å². The van der Waals surface area contributed by atoms with Crippen molar-refractivity contribution in [1.29, 1.82) is 0 Å². The first-order valence-corrected chi connectivity index (χ1v) is 7.19. The van der Waals surface area contributed by atoms with Crippen molar-refractivity contribution in [3.8, 4) is 0 Å². The lowest BCUT2D eigenvalue weighted by molar-refractivity contribution is -0.131. The maximum Gasteiger partial charge on any atom is 0.328 e. The molecule has 0 spiro atoms. The topological polar surface area (TPSA) is 37.3 Å². The molecule has 0 unspecified atom stereocenters. The second kappa shape index (κ2) is 7.44. The standard InChI is InChI=1S/C19H20O2/c1-15-10-11-17(14-18(15)12-13-19(20)21)9-5-8-16-6-3-2-4-7-16/h2-4,6-7,10-14H,5,8-9H2,1H3,(H,20,21)/b13-12+. The van der Waals surface area contributed by atoms with E-state index in [0.717, 1.165) is 30.4 Å². The molecule has 0 bridgehead atoms. The number of carbonyl (C=O) groups is 1. The number of benzene rings is 2. The zero-order valence-corrected chi connectivity index (χ0v) is 12.3. The maximum absolute atomic E-state index is 10.6. The molecule has 0 heterocycles. The van der Waals surface area contributed by atoms with Gasteiger partial charge in [-0.25, -0.2) is 4.79 Å². The molecular formula is C19H20O2. The van der Waals surface area contributed by atoms with Gasteiger partial charge >= 0.3 is 5.97 Å². The second-order valence-corrected chi connectivity index (χ2v) is 5.20. The molecule has 0 fully saturated rings. The van der Waals surface area contributed by atoms with E-state index in [2.05, 4.69) is 42.5 Å². The molecule has 0 aliphatic rings. The van der Waals surface area contributed by atoms with Crippen LogP contribution in [0.5, 0.6) is 0 Å². The molecule has 2 aromatic carbocycles. The number of carboxylic acids is 1. The number of aliphatic carboxylic acids is 1. The Labute approximate surface area is 125 Å². The van der Waals surface area contributed by atoms with Crippen LogP contribution in [-0.4, -0.2) is 11.1 Å². The van der Waals surface area contributed by atoms with Crippen LogP contribution in [0, 0.1) is 6.92 Å². The monoisotopic (exact) mass is 280 g/mol. The fourth-order valence-electron chi connectivity index (χ4n) is 2.33. The molecule has 2 heteroatoms. The average Bonchev–Trinajstić information content (AvgIpc) is 2.48. The highest BCUT2D eigenvalue weighted by Crippen LogP contribution is 2.15. The van der Waals surface area contributed by atoms with Crippen molar-refractivity contribution in [1.82, 2.24) is 0 Å². The summed E-state index contributed by atoms with van der Waals surface area (Å²) in [5, 5.41) is 8.72. The molecule has 0 saturated heterocycles. The highest BCUT2D eigenvalue weighted by molar-refractivity contribution is 5.85. The van der Waals surface area contributed by atoms with Gasteiger partial charge < -0.3 is 5.11 Å². The fraction of sp³-hybridized carbons (Fsp3) is 0.211. The van der Waals surface area contributed by atoms with Gasteiger partial charge in [0.25, 0.3) is 0 Å². The Morgan fingerprint density at radius 2 is 1.76 bits per heavy atom. The molecule has 108 valence electrons. The molecule has 0 aliphatic heterocycles. The summed E-state index contributed by atoms with van der Waals surface area (Å²) in [5.74, 6) is -0.913. The third kappa shape index (κ3) is 4.92. The smallest absolute Gasteiger partial charge is 0.328 e. The summed E-state index contributed by atoms with van der Waals surface area (Å²) in [4.78, 5) is 10.6. The van der Waals surface area contributed by atoms with Gasteiger partial charge in [-0.2, -0.15) is 0 Å². The van der Waals surface area contributed by atoms with Crippen molar-refractivity contribution in [3.05, 3.63) is 76.9 Å². The summed E-state index contributed by atoms with van der Waals surface area (Å²) in [6.07, 6.45) is 6.02. The number of rotatable bonds is 6. The molecule has 2 rings (SSSR count). The Kier molecular flexibility index (Phi) is 5.33. The van der Waals surface area contributed by atoms with Gasteiger partial charge in [-0.05, 0) is 54.5 Å².